The van der Waals surface area contributed by atoms with Crippen LogP contribution in [0.15, 0.2) is 18.2 Å². The Balaban J connectivity index is 1.74. The van der Waals surface area contributed by atoms with Gasteiger partial charge in [-0.25, -0.2) is 0 Å². The number of rotatable bonds is 2. The first kappa shape index (κ1) is 11.7. The van der Waals surface area contributed by atoms with E-state index in [-0.39, 0.29) is 5.91 Å². The van der Waals surface area contributed by atoms with Crippen LogP contribution in [0.3, 0.4) is 0 Å². The number of benzene rings is 1. The number of amides is 1. The number of β-amino-alcohol motifs (C(OH)–C–C–N with tert-alkyl or cyclic N) is 1. The van der Waals surface area contributed by atoms with Crippen LogP contribution in [0.2, 0.25) is 0 Å². The summed E-state index contributed by atoms with van der Waals surface area (Å²) in [7, 11) is 0. The molecule has 3 rings (SSSR count). The third-order valence-electron chi connectivity index (χ3n) is 4.00. The van der Waals surface area contributed by atoms with E-state index in [1.807, 2.05) is 25.1 Å². The summed E-state index contributed by atoms with van der Waals surface area (Å²) in [6.45, 7) is 4.59. The van der Waals surface area contributed by atoms with E-state index in [0.717, 1.165) is 18.7 Å². The van der Waals surface area contributed by atoms with E-state index in [1.54, 1.807) is 4.90 Å². The molecule has 0 spiro atoms. The molecule has 0 atom stereocenters. The normalized spacial score (nSPS) is 20.4. The SMILES string of the molecule is CCC1(O)CN(C(=O)c2ccc3c(c2)CNC3)C1. The highest BCUT2D eigenvalue weighted by Crippen LogP contribution is 2.26. The molecule has 0 bridgehead atoms. The van der Waals surface area contributed by atoms with Gasteiger partial charge in [-0.15, -0.1) is 0 Å². The summed E-state index contributed by atoms with van der Waals surface area (Å²) in [6.07, 6.45) is 0.699. The molecule has 1 amide bonds. The zero-order valence-corrected chi connectivity index (χ0v) is 10.6. The average Bonchev–Trinajstić information content (AvgIpc) is 2.81. The van der Waals surface area contributed by atoms with Gasteiger partial charge in [0, 0.05) is 18.7 Å². The summed E-state index contributed by atoms with van der Waals surface area (Å²) in [5.74, 6) is 0.0304. The lowest BCUT2D eigenvalue weighted by atomic mass is 9.90. The van der Waals surface area contributed by atoms with Gasteiger partial charge in [0.15, 0.2) is 0 Å². The molecule has 1 aromatic carbocycles. The Morgan fingerprint density at radius 2 is 2.11 bits per heavy atom. The van der Waals surface area contributed by atoms with Gasteiger partial charge in [0.2, 0.25) is 0 Å². The molecule has 1 aromatic rings. The maximum Gasteiger partial charge on any atom is 0.254 e. The van der Waals surface area contributed by atoms with Crippen molar-refractivity contribution in [2.24, 2.45) is 0 Å². The van der Waals surface area contributed by atoms with Gasteiger partial charge in [-0.1, -0.05) is 13.0 Å². The van der Waals surface area contributed by atoms with E-state index < -0.39 is 5.60 Å². The van der Waals surface area contributed by atoms with E-state index in [9.17, 15) is 9.90 Å². The van der Waals surface area contributed by atoms with Crippen LogP contribution in [0.1, 0.15) is 34.8 Å². The van der Waals surface area contributed by atoms with E-state index >= 15 is 0 Å². The van der Waals surface area contributed by atoms with Gasteiger partial charge < -0.3 is 15.3 Å². The summed E-state index contributed by atoms with van der Waals surface area (Å²) >= 11 is 0. The molecule has 0 saturated carbocycles. The van der Waals surface area contributed by atoms with Crippen LogP contribution < -0.4 is 5.32 Å². The second-order valence-corrected chi connectivity index (χ2v) is 5.33. The van der Waals surface area contributed by atoms with Crippen molar-refractivity contribution in [3.8, 4) is 0 Å². The standard InChI is InChI=1S/C14H18N2O2/c1-2-14(18)8-16(9-14)13(17)10-3-4-11-6-15-7-12(11)5-10/h3-5,15,18H,2,6-9H2,1H3. The molecule has 4 heteroatoms. The number of carbonyl (C=O) groups excluding carboxylic acids is 1. The van der Waals surface area contributed by atoms with Crippen molar-refractivity contribution in [3.63, 3.8) is 0 Å². The van der Waals surface area contributed by atoms with E-state index in [4.69, 9.17) is 0 Å². The highest BCUT2D eigenvalue weighted by molar-refractivity contribution is 5.95. The highest BCUT2D eigenvalue weighted by Gasteiger charge is 2.42. The maximum absolute atomic E-state index is 12.2. The quantitative estimate of drug-likeness (QED) is 0.814. The fraction of sp³-hybridized carbons (Fsp3) is 0.500. The van der Waals surface area contributed by atoms with Crippen molar-refractivity contribution < 1.29 is 9.90 Å². The third-order valence-corrected chi connectivity index (χ3v) is 4.00. The summed E-state index contributed by atoms with van der Waals surface area (Å²) in [4.78, 5) is 13.9. The molecular weight excluding hydrogens is 228 g/mol. The van der Waals surface area contributed by atoms with Gasteiger partial charge in [-0.2, -0.15) is 0 Å². The van der Waals surface area contributed by atoms with Crippen molar-refractivity contribution in [2.75, 3.05) is 13.1 Å². The lowest BCUT2D eigenvalue weighted by molar-refractivity contribution is -0.0826. The first-order chi connectivity index (χ1) is 8.61. The molecule has 0 unspecified atom stereocenters. The first-order valence-corrected chi connectivity index (χ1v) is 6.45. The van der Waals surface area contributed by atoms with Crippen LogP contribution in [0.4, 0.5) is 0 Å². The number of hydrogen-bond acceptors (Lipinski definition) is 3. The predicted octanol–water partition coefficient (Wildman–Crippen LogP) is 0.887. The van der Waals surface area contributed by atoms with Gasteiger partial charge in [-0.05, 0) is 29.7 Å². The molecule has 96 valence electrons. The Morgan fingerprint density at radius 1 is 1.39 bits per heavy atom. The van der Waals surface area contributed by atoms with E-state index in [1.165, 1.54) is 11.1 Å². The maximum atomic E-state index is 12.2. The van der Waals surface area contributed by atoms with Crippen molar-refractivity contribution in [2.45, 2.75) is 32.0 Å². The number of hydrogen-bond donors (Lipinski definition) is 2. The van der Waals surface area contributed by atoms with Crippen LogP contribution in [0, 0.1) is 0 Å². The largest absolute Gasteiger partial charge is 0.386 e. The van der Waals surface area contributed by atoms with Crippen molar-refractivity contribution in [1.29, 1.82) is 0 Å². The smallest absolute Gasteiger partial charge is 0.254 e. The summed E-state index contributed by atoms with van der Waals surface area (Å²) in [5, 5.41) is 13.2. The molecule has 2 aliphatic rings. The van der Waals surface area contributed by atoms with E-state index in [2.05, 4.69) is 5.32 Å². The monoisotopic (exact) mass is 246 g/mol. The molecule has 18 heavy (non-hydrogen) atoms. The minimum Gasteiger partial charge on any atom is -0.386 e. The molecule has 0 aliphatic carbocycles. The average molecular weight is 246 g/mol. The van der Waals surface area contributed by atoms with Crippen molar-refractivity contribution >= 4 is 5.91 Å². The predicted molar refractivity (Wildman–Crippen MR) is 68.1 cm³/mol. The summed E-state index contributed by atoms with van der Waals surface area (Å²) in [6, 6.07) is 5.88. The van der Waals surface area contributed by atoms with Gasteiger partial charge >= 0.3 is 0 Å². The number of nitrogens with one attached hydrogen (secondary N) is 1. The molecular formula is C14H18N2O2. The number of carbonyl (C=O) groups is 1. The molecule has 1 fully saturated rings. The molecule has 0 radical (unpaired) electrons. The summed E-state index contributed by atoms with van der Waals surface area (Å²) in [5.41, 5.74) is 2.57. The van der Waals surface area contributed by atoms with Gasteiger partial charge in [0.1, 0.15) is 0 Å². The van der Waals surface area contributed by atoms with Crippen LogP contribution >= 0.6 is 0 Å². The zero-order valence-electron chi connectivity index (χ0n) is 10.6. The Morgan fingerprint density at radius 3 is 2.83 bits per heavy atom. The second-order valence-electron chi connectivity index (χ2n) is 5.33. The van der Waals surface area contributed by atoms with E-state index in [0.29, 0.717) is 19.5 Å². The fourth-order valence-corrected chi connectivity index (χ4v) is 2.64. The van der Waals surface area contributed by atoms with Crippen LogP contribution in [-0.4, -0.2) is 34.6 Å². The van der Waals surface area contributed by atoms with Crippen LogP contribution in [0.5, 0.6) is 0 Å². The molecule has 2 N–H and O–H groups in total. The molecule has 2 heterocycles. The summed E-state index contributed by atoms with van der Waals surface area (Å²) < 4.78 is 0. The minimum atomic E-state index is -0.659. The second kappa shape index (κ2) is 4.07. The van der Waals surface area contributed by atoms with Crippen LogP contribution in [-0.2, 0) is 13.1 Å². The molecule has 0 aromatic heterocycles. The fourth-order valence-electron chi connectivity index (χ4n) is 2.64. The van der Waals surface area contributed by atoms with Gasteiger partial charge in [0.05, 0.1) is 18.7 Å². The third kappa shape index (κ3) is 1.82. The van der Waals surface area contributed by atoms with Crippen molar-refractivity contribution in [1.82, 2.24) is 10.2 Å². The number of aliphatic hydroxyl groups is 1. The van der Waals surface area contributed by atoms with Gasteiger partial charge in [-0.3, -0.25) is 4.79 Å². The molecule has 1 saturated heterocycles. The first-order valence-electron chi connectivity index (χ1n) is 6.45. The molecule has 2 aliphatic heterocycles. The zero-order chi connectivity index (χ0) is 12.8. The topological polar surface area (TPSA) is 52.6 Å². The number of nitrogens with zero attached hydrogens (tertiary/aromatic N) is 1. The Bertz CT molecular complexity index is 493. The Hall–Kier alpha value is -1.39. The number of fused-ring (bicyclic) bond motifs is 1. The Labute approximate surface area is 107 Å². The lowest BCUT2D eigenvalue weighted by Crippen LogP contribution is -2.63. The molecule has 4 nitrogen and oxygen atoms in total. The van der Waals surface area contributed by atoms with Gasteiger partial charge in [0.25, 0.3) is 5.91 Å². The van der Waals surface area contributed by atoms with Crippen LogP contribution in [0.25, 0.3) is 0 Å². The Kier molecular flexibility index (Phi) is 2.64. The minimum absolute atomic E-state index is 0.0304. The highest BCUT2D eigenvalue weighted by atomic mass is 16.3. The van der Waals surface area contributed by atoms with Crippen molar-refractivity contribution in [3.05, 3.63) is 34.9 Å². The number of likely N-dealkylation sites (tertiary alicyclic amines) is 1. The lowest BCUT2D eigenvalue weighted by Gasteiger charge is -2.46.